The average molecular weight is 1070 g/mol. The Morgan fingerprint density at radius 2 is 0.973 bits per heavy atom. The molecule has 6 N–H and O–H groups in total. The van der Waals surface area contributed by atoms with Gasteiger partial charge in [0.2, 0.25) is 6.29 Å². The van der Waals surface area contributed by atoms with Crippen molar-refractivity contribution < 1.29 is 76.0 Å². The van der Waals surface area contributed by atoms with E-state index in [-0.39, 0.29) is 17.9 Å². The Hall–Kier alpha value is -1.77. The Bertz CT molecular complexity index is 1560. The first-order valence-electron chi connectivity index (χ1n) is 28.9. The Morgan fingerprint density at radius 1 is 0.548 bits per heavy atom. The molecule has 0 saturated carbocycles. The molecule has 2 aliphatic heterocycles. The molecule has 13 atom stereocenters. The molecule has 2 fully saturated rings. The van der Waals surface area contributed by atoms with E-state index in [0.29, 0.717) is 18.3 Å². The molecule has 0 unspecified atom stereocenters. The minimum Gasteiger partial charge on any atom is -0.453 e. The number of hydrogen-bond acceptors (Lipinski definition) is 15. The lowest BCUT2D eigenvalue weighted by atomic mass is 9.86. The molecule has 16 nitrogen and oxygen atoms in total. The van der Waals surface area contributed by atoms with E-state index in [1.54, 1.807) is 13.0 Å². The molecule has 0 aromatic rings. The molecule has 0 radical (unpaired) electrons. The molecule has 2 saturated heterocycles. The molecule has 2 aliphatic rings. The second kappa shape index (κ2) is 39.6. The number of rotatable bonds is 43. The number of ether oxygens (including phenoxy) is 5. The van der Waals surface area contributed by atoms with Gasteiger partial charge in [-0.25, -0.2) is 8.98 Å². The van der Waals surface area contributed by atoms with Crippen LogP contribution >= 0.6 is 0 Å². The second-order valence-corrected chi connectivity index (χ2v) is 22.8. The smallest absolute Gasteiger partial charge is 0.397 e. The van der Waals surface area contributed by atoms with E-state index in [2.05, 4.69) is 31.9 Å². The standard InChI is InChI=1S/C56H104O16S/c1-7-9-11-13-15-17-19-21-23-24-26-28-30-32-34-41(3)36-42(4)37-43(5)38-44(6)54(63)70-51-49(61)46(40-58)68-56(71-55-52(72-73(64,65)66)50(62)48(60)45(39-57)67-55)53(51)69-47(59)35-33-31-29-27-25-22-20-18-16-14-12-10-8-2/h38,41-43,45-46,48-53,55-58,60-62H,7-37,39-40H2,1-6H3,(H,64,65,66)/b44-38+/t41-,42-,43-,45+,46+,48+,49+,50-,51-,52+,53+,55+,56+/m0/s1. The quantitative estimate of drug-likeness (QED) is 0.0144. The summed E-state index contributed by atoms with van der Waals surface area (Å²) in [7, 11) is -5.31. The van der Waals surface area contributed by atoms with Gasteiger partial charge in [-0.1, -0.05) is 214 Å². The first-order chi connectivity index (χ1) is 35.0. The largest absolute Gasteiger partial charge is 0.453 e. The van der Waals surface area contributed by atoms with Crippen molar-refractivity contribution in [1.82, 2.24) is 0 Å². The number of esters is 2. The molecule has 0 aromatic carbocycles. The molecule has 0 bridgehead atoms. The predicted molar refractivity (Wildman–Crippen MR) is 283 cm³/mol. The summed E-state index contributed by atoms with van der Waals surface area (Å²) in [4.78, 5) is 27.4. The van der Waals surface area contributed by atoms with Crippen molar-refractivity contribution in [2.24, 2.45) is 17.8 Å². The highest BCUT2D eigenvalue weighted by Gasteiger charge is 2.54. The zero-order valence-corrected chi connectivity index (χ0v) is 46.9. The summed E-state index contributed by atoms with van der Waals surface area (Å²) in [6, 6.07) is 0. The highest BCUT2D eigenvalue weighted by molar-refractivity contribution is 7.80. The van der Waals surface area contributed by atoms with Crippen LogP contribution in [0.4, 0.5) is 0 Å². The predicted octanol–water partition coefficient (Wildman–Crippen LogP) is 10.5. The van der Waals surface area contributed by atoms with Crippen LogP contribution in [0, 0.1) is 17.8 Å². The number of aliphatic hydroxyl groups is 5. The lowest BCUT2D eigenvalue weighted by molar-refractivity contribution is -0.374. The molecular formula is C56H104O16S. The zero-order chi connectivity index (χ0) is 54.0. The number of hydrogen-bond donors (Lipinski definition) is 6. The summed E-state index contributed by atoms with van der Waals surface area (Å²) >= 11 is 0. The van der Waals surface area contributed by atoms with Crippen LogP contribution in [0.3, 0.4) is 0 Å². The number of carbonyl (C=O) groups is 2. The minimum atomic E-state index is -5.31. The summed E-state index contributed by atoms with van der Waals surface area (Å²) in [6.07, 6.45) is 19.4. The fourth-order valence-electron chi connectivity index (χ4n) is 10.5. The van der Waals surface area contributed by atoms with Gasteiger partial charge in [0.05, 0.1) is 13.2 Å². The van der Waals surface area contributed by atoms with Gasteiger partial charge in [-0.05, 0) is 43.9 Å². The molecule has 0 amide bonds. The number of aliphatic hydroxyl groups excluding tert-OH is 5. The molecule has 0 aromatic heterocycles. The van der Waals surface area contributed by atoms with Gasteiger partial charge in [0.25, 0.3) is 0 Å². The van der Waals surface area contributed by atoms with E-state index in [9.17, 15) is 48.1 Å². The first-order valence-corrected chi connectivity index (χ1v) is 30.3. The van der Waals surface area contributed by atoms with E-state index in [4.69, 9.17) is 23.7 Å². The Morgan fingerprint density at radius 3 is 1.42 bits per heavy atom. The van der Waals surface area contributed by atoms with Gasteiger partial charge in [-0.2, -0.15) is 8.42 Å². The van der Waals surface area contributed by atoms with E-state index in [0.717, 1.165) is 44.9 Å². The third-order valence-electron chi connectivity index (χ3n) is 14.6. The third kappa shape index (κ3) is 29.0. The van der Waals surface area contributed by atoms with Gasteiger partial charge in [-0.15, -0.1) is 0 Å². The number of allylic oxidation sites excluding steroid dienone is 1. The van der Waals surface area contributed by atoms with Crippen LogP contribution < -0.4 is 0 Å². The number of unbranched alkanes of at least 4 members (excludes halogenated alkanes) is 25. The maximum absolute atomic E-state index is 13.9. The van der Waals surface area contributed by atoms with Crippen molar-refractivity contribution in [1.29, 1.82) is 0 Å². The monoisotopic (exact) mass is 1060 g/mol. The van der Waals surface area contributed by atoms with Crippen molar-refractivity contribution in [3.63, 3.8) is 0 Å². The second-order valence-electron chi connectivity index (χ2n) is 21.8. The Kier molecular flexibility index (Phi) is 36.5. The highest BCUT2D eigenvalue weighted by atomic mass is 32.3. The lowest BCUT2D eigenvalue weighted by Crippen LogP contribution is -2.65. The molecule has 430 valence electrons. The van der Waals surface area contributed by atoms with Crippen LogP contribution in [0.25, 0.3) is 0 Å². The zero-order valence-electron chi connectivity index (χ0n) is 46.1. The van der Waals surface area contributed by atoms with Crippen molar-refractivity contribution >= 4 is 22.3 Å². The lowest BCUT2D eigenvalue weighted by Gasteiger charge is -2.46. The SMILES string of the molecule is CCCCCCCCCCCCCCCC[C@H](C)C[C@H](C)C[C@H](C)/C=C(\C)C(=O)O[C@H]1[C@H](O)[C@@H](CO)O[C@H](O[C@H]2O[C@H](CO)[C@@H](O)[C@H](O)[C@H]2OS(=O)(=O)O)[C@@H]1OC(=O)CCCCCCCCCCCCCCC. The molecule has 2 rings (SSSR count). The summed E-state index contributed by atoms with van der Waals surface area (Å²) in [5.41, 5.74) is 0.226. The summed E-state index contributed by atoms with van der Waals surface area (Å²) in [5.74, 6) is -0.662. The summed E-state index contributed by atoms with van der Waals surface area (Å²) in [6.45, 7) is 10.9. The fourth-order valence-corrected chi connectivity index (χ4v) is 10.9. The first kappa shape index (κ1) is 67.3. The van der Waals surface area contributed by atoms with Gasteiger partial charge in [0.1, 0.15) is 30.5 Å². The van der Waals surface area contributed by atoms with E-state index < -0.39 is 97.0 Å². The Balaban J connectivity index is 2.06. The van der Waals surface area contributed by atoms with Crippen molar-refractivity contribution in [3.05, 3.63) is 11.6 Å². The van der Waals surface area contributed by atoms with Gasteiger partial charge in [0, 0.05) is 12.0 Å². The molecule has 17 heteroatoms. The average Bonchev–Trinajstić information content (AvgIpc) is 3.34. The van der Waals surface area contributed by atoms with E-state index in [1.807, 2.05) is 6.92 Å². The molecule has 0 spiro atoms. The molecule has 2 heterocycles. The minimum absolute atomic E-state index is 0.0185. The van der Waals surface area contributed by atoms with Crippen molar-refractivity contribution in [2.45, 2.75) is 302 Å². The van der Waals surface area contributed by atoms with Crippen LogP contribution in [-0.2, 0) is 47.9 Å². The summed E-state index contributed by atoms with van der Waals surface area (Å²) < 4.78 is 66.9. The third-order valence-corrected chi connectivity index (χ3v) is 15.1. The van der Waals surface area contributed by atoms with E-state index in [1.165, 1.54) is 141 Å². The highest BCUT2D eigenvalue weighted by Crippen LogP contribution is 2.34. The van der Waals surface area contributed by atoms with Crippen LogP contribution in [0.2, 0.25) is 0 Å². The van der Waals surface area contributed by atoms with E-state index >= 15 is 0 Å². The van der Waals surface area contributed by atoms with Crippen LogP contribution in [0.5, 0.6) is 0 Å². The Labute approximate surface area is 441 Å². The van der Waals surface area contributed by atoms with Gasteiger partial charge >= 0.3 is 22.3 Å². The maximum Gasteiger partial charge on any atom is 0.397 e. The summed E-state index contributed by atoms with van der Waals surface area (Å²) in [5, 5.41) is 53.0. The maximum atomic E-state index is 13.9. The normalized spacial score (nSPS) is 26.1. The van der Waals surface area contributed by atoms with Gasteiger partial charge < -0.3 is 49.2 Å². The van der Waals surface area contributed by atoms with Crippen molar-refractivity contribution in [2.75, 3.05) is 13.2 Å². The van der Waals surface area contributed by atoms with Gasteiger partial charge in [0.15, 0.2) is 24.6 Å². The molecule has 73 heavy (non-hydrogen) atoms. The topological polar surface area (TPSA) is 245 Å². The van der Waals surface area contributed by atoms with Crippen LogP contribution in [0.1, 0.15) is 241 Å². The van der Waals surface area contributed by atoms with Gasteiger partial charge in [-0.3, -0.25) is 9.35 Å². The number of carbonyl (C=O) groups excluding carboxylic acids is 2. The van der Waals surface area contributed by atoms with Crippen molar-refractivity contribution in [3.8, 4) is 0 Å². The molecule has 0 aliphatic carbocycles. The van der Waals surface area contributed by atoms with Crippen LogP contribution in [-0.4, -0.2) is 125 Å². The van der Waals surface area contributed by atoms with Crippen LogP contribution in [0.15, 0.2) is 11.6 Å². The molecular weight excluding hydrogens is 961 g/mol. The fraction of sp³-hybridized carbons (Fsp3) is 0.929.